The molecule has 4 rings (SSSR count). The van der Waals surface area contributed by atoms with E-state index in [1.807, 2.05) is 47.4 Å². The van der Waals surface area contributed by atoms with E-state index in [0.717, 1.165) is 21.1 Å². The van der Waals surface area contributed by atoms with Crippen molar-refractivity contribution in [3.8, 4) is 0 Å². The molecule has 1 aromatic heterocycles. The Morgan fingerprint density at radius 3 is 2.55 bits per heavy atom. The Kier molecular flexibility index (Phi) is 10.2. The molecule has 1 amide bonds. The van der Waals surface area contributed by atoms with Crippen LogP contribution in [0, 0.1) is 0 Å². The van der Waals surface area contributed by atoms with Gasteiger partial charge in [-0.15, -0.1) is 0 Å². The van der Waals surface area contributed by atoms with Gasteiger partial charge >= 0.3 is 11.9 Å². The van der Waals surface area contributed by atoms with Crippen LogP contribution in [0.3, 0.4) is 0 Å². The number of anilines is 3. The van der Waals surface area contributed by atoms with E-state index in [4.69, 9.17) is 9.47 Å². The zero-order valence-electron chi connectivity index (χ0n) is 22.3. The van der Waals surface area contributed by atoms with Crippen LogP contribution in [-0.2, 0) is 23.9 Å². The van der Waals surface area contributed by atoms with E-state index >= 15 is 0 Å². The van der Waals surface area contributed by atoms with Crippen LogP contribution in [0.1, 0.15) is 6.42 Å². The highest BCUT2D eigenvalue weighted by Gasteiger charge is 2.31. The molecule has 2 heterocycles. The highest BCUT2D eigenvalue weighted by Crippen LogP contribution is 2.27. The highest BCUT2D eigenvalue weighted by atomic mass is 79.9. The third-order valence-corrected chi connectivity index (χ3v) is 7.02. The van der Waals surface area contributed by atoms with Gasteiger partial charge in [-0.1, -0.05) is 28.1 Å². The smallest absolute Gasteiger partial charge is 0.323 e. The molecule has 1 aliphatic heterocycles. The molecule has 1 aliphatic rings. The van der Waals surface area contributed by atoms with E-state index in [1.54, 1.807) is 6.07 Å². The normalized spacial score (nSPS) is 15.1. The number of nitrogens with zero attached hydrogens (tertiary/aromatic N) is 4. The molecule has 0 spiro atoms. The number of rotatable bonds is 10. The van der Waals surface area contributed by atoms with Crippen LogP contribution in [0.4, 0.5) is 17.2 Å². The van der Waals surface area contributed by atoms with Crippen molar-refractivity contribution >= 4 is 61.9 Å². The predicted molar refractivity (Wildman–Crippen MR) is 155 cm³/mol. The van der Waals surface area contributed by atoms with Crippen molar-refractivity contribution in [1.29, 1.82) is 0 Å². The van der Waals surface area contributed by atoms with Gasteiger partial charge in [0.2, 0.25) is 5.91 Å². The number of nitrogens with one attached hydrogen (secondary N) is 2. The number of halogens is 1. The number of methoxy groups -OCH3 is 2. The number of piperazine rings is 1. The first-order chi connectivity index (χ1) is 19.4. The number of aromatic nitrogens is 2. The van der Waals surface area contributed by atoms with Gasteiger partial charge < -0.3 is 20.1 Å². The Labute approximate surface area is 240 Å². The number of carbonyl (C=O) groups is 3. The number of carbonyl (C=O) groups excluding carboxylic acids is 3. The summed E-state index contributed by atoms with van der Waals surface area (Å²) in [6.45, 7) is 3.12. The van der Waals surface area contributed by atoms with Gasteiger partial charge in [-0.05, 0) is 36.4 Å². The molecule has 210 valence electrons. The minimum Gasteiger partial charge on any atom is -0.469 e. The number of benzene rings is 2. The van der Waals surface area contributed by atoms with Gasteiger partial charge in [0.25, 0.3) is 0 Å². The van der Waals surface area contributed by atoms with Crippen LogP contribution in [0.25, 0.3) is 10.9 Å². The Bertz CT molecular complexity index is 1390. The number of fused-ring (bicyclic) bond motifs is 1. The Hall–Kier alpha value is -3.87. The van der Waals surface area contributed by atoms with Crippen LogP contribution in [-0.4, -0.2) is 90.6 Å². The van der Waals surface area contributed by atoms with Crippen molar-refractivity contribution < 1.29 is 23.9 Å². The predicted octanol–water partition coefficient (Wildman–Crippen LogP) is 3.35. The summed E-state index contributed by atoms with van der Waals surface area (Å²) in [4.78, 5) is 49.3. The number of esters is 2. The summed E-state index contributed by atoms with van der Waals surface area (Å²) in [7, 11) is 2.61. The maximum atomic E-state index is 12.6. The fourth-order valence-corrected chi connectivity index (χ4v) is 4.83. The number of hydrogen-bond acceptors (Lipinski definition) is 10. The highest BCUT2D eigenvalue weighted by molar-refractivity contribution is 9.10. The van der Waals surface area contributed by atoms with Crippen molar-refractivity contribution in [2.24, 2.45) is 0 Å². The van der Waals surface area contributed by atoms with Crippen LogP contribution in [0.2, 0.25) is 0 Å². The van der Waals surface area contributed by atoms with Gasteiger partial charge in [0.05, 0.1) is 26.2 Å². The monoisotopic (exact) mass is 610 g/mol. The third-order valence-electron chi connectivity index (χ3n) is 6.53. The van der Waals surface area contributed by atoms with E-state index in [9.17, 15) is 14.4 Å². The van der Waals surface area contributed by atoms with Gasteiger partial charge in [-0.25, -0.2) is 9.97 Å². The summed E-state index contributed by atoms with van der Waals surface area (Å²) in [6.07, 6.45) is 4.76. The maximum absolute atomic E-state index is 12.6. The lowest BCUT2D eigenvalue weighted by atomic mass is 10.1. The maximum Gasteiger partial charge on any atom is 0.323 e. The SMILES string of the molecule is COC(=O)CC(C(=O)OC)N1CCN(CC=CC(=O)Nc2ccc3ncnc(Nc4cccc(Br)c4)c3c2)CC1. The average molecular weight is 611 g/mol. The number of hydrogen-bond donors (Lipinski definition) is 2. The molecular formula is C28H31BrN6O5. The van der Waals surface area contributed by atoms with E-state index in [2.05, 4.69) is 41.4 Å². The summed E-state index contributed by atoms with van der Waals surface area (Å²) < 4.78 is 10.5. The average Bonchev–Trinajstić information content (AvgIpc) is 2.96. The minimum atomic E-state index is -0.668. The first-order valence-corrected chi connectivity index (χ1v) is 13.5. The second kappa shape index (κ2) is 14.0. The van der Waals surface area contributed by atoms with Crippen molar-refractivity contribution in [2.45, 2.75) is 12.5 Å². The standard InChI is InChI=1S/C28H31BrN6O5/c1-39-26(37)17-24(28(38)40-2)35-13-11-34(12-14-35)10-4-7-25(36)32-21-8-9-23-22(16-21)27(31-18-30-23)33-20-6-3-5-19(29)15-20/h3-9,15-16,18,24H,10-14,17H2,1-2H3,(H,32,36)(H,30,31,33). The number of amides is 1. The van der Waals surface area contributed by atoms with E-state index in [1.165, 1.54) is 26.6 Å². The van der Waals surface area contributed by atoms with Gasteiger partial charge in [0, 0.05) is 60.0 Å². The molecule has 0 radical (unpaired) electrons. The summed E-state index contributed by atoms with van der Waals surface area (Å²) >= 11 is 3.47. The van der Waals surface area contributed by atoms with Crippen LogP contribution >= 0.6 is 15.9 Å². The van der Waals surface area contributed by atoms with Crippen molar-refractivity contribution in [3.63, 3.8) is 0 Å². The van der Waals surface area contributed by atoms with Gasteiger partial charge in [-0.3, -0.25) is 24.2 Å². The Morgan fingerprint density at radius 1 is 1.02 bits per heavy atom. The van der Waals surface area contributed by atoms with Gasteiger partial charge in [0.15, 0.2) is 0 Å². The lowest BCUT2D eigenvalue weighted by Crippen LogP contribution is -2.53. The quantitative estimate of drug-likeness (QED) is 0.261. The van der Waals surface area contributed by atoms with Crippen LogP contribution in [0.5, 0.6) is 0 Å². The lowest BCUT2D eigenvalue weighted by Gasteiger charge is -2.37. The molecule has 2 N–H and O–H groups in total. The minimum absolute atomic E-state index is 0.0499. The summed E-state index contributed by atoms with van der Waals surface area (Å²) in [5.41, 5.74) is 2.25. The lowest BCUT2D eigenvalue weighted by molar-refractivity contribution is -0.154. The molecule has 1 saturated heterocycles. The fourth-order valence-electron chi connectivity index (χ4n) is 4.43. The molecule has 12 heteroatoms. The van der Waals surface area contributed by atoms with Crippen LogP contribution < -0.4 is 10.6 Å². The van der Waals surface area contributed by atoms with E-state index in [0.29, 0.717) is 44.2 Å². The summed E-state index contributed by atoms with van der Waals surface area (Å²) in [6, 6.07) is 12.6. The summed E-state index contributed by atoms with van der Waals surface area (Å²) in [5, 5.41) is 6.98. The second-order valence-electron chi connectivity index (χ2n) is 9.14. The molecule has 1 atom stereocenters. The summed E-state index contributed by atoms with van der Waals surface area (Å²) in [5.74, 6) is -0.524. The first kappa shape index (κ1) is 29.1. The molecule has 0 aliphatic carbocycles. The van der Waals surface area contributed by atoms with Crippen molar-refractivity contribution in [3.05, 3.63) is 65.4 Å². The van der Waals surface area contributed by atoms with Crippen LogP contribution in [0.15, 0.2) is 65.4 Å². The fraction of sp³-hybridized carbons (Fsp3) is 0.321. The topological polar surface area (TPSA) is 126 Å². The molecule has 1 fully saturated rings. The first-order valence-electron chi connectivity index (χ1n) is 12.7. The molecule has 2 aromatic carbocycles. The Balaban J connectivity index is 1.31. The second-order valence-corrected chi connectivity index (χ2v) is 10.1. The molecule has 11 nitrogen and oxygen atoms in total. The zero-order chi connectivity index (χ0) is 28.5. The molecule has 3 aromatic rings. The molecule has 40 heavy (non-hydrogen) atoms. The van der Waals surface area contributed by atoms with E-state index < -0.39 is 18.0 Å². The van der Waals surface area contributed by atoms with Crippen molar-refractivity contribution in [1.82, 2.24) is 19.8 Å². The molecule has 1 unspecified atom stereocenters. The Morgan fingerprint density at radius 2 is 1.82 bits per heavy atom. The third kappa shape index (κ3) is 7.84. The molecule has 0 bridgehead atoms. The zero-order valence-corrected chi connectivity index (χ0v) is 23.9. The van der Waals surface area contributed by atoms with Gasteiger partial charge in [-0.2, -0.15) is 0 Å². The van der Waals surface area contributed by atoms with Gasteiger partial charge in [0.1, 0.15) is 18.2 Å². The molecular weight excluding hydrogens is 580 g/mol. The largest absolute Gasteiger partial charge is 0.469 e. The number of ether oxygens (including phenoxy) is 2. The van der Waals surface area contributed by atoms with Crippen molar-refractivity contribution in [2.75, 3.05) is 57.6 Å². The van der Waals surface area contributed by atoms with E-state index in [-0.39, 0.29) is 12.3 Å². The molecule has 0 saturated carbocycles.